The summed E-state index contributed by atoms with van der Waals surface area (Å²) in [5.74, 6) is 3.54. The molecule has 0 spiro atoms. The van der Waals surface area contributed by atoms with Crippen LogP contribution in [-0.2, 0) is 0 Å². The normalized spacial score (nSPS) is 31.0. The first kappa shape index (κ1) is 18.0. The summed E-state index contributed by atoms with van der Waals surface area (Å²) >= 11 is 6.05. The minimum Gasteiger partial charge on any atom is -0.492 e. The van der Waals surface area contributed by atoms with Crippen LogP contribution in [0.1, 0.15) is 63.9 Å². The Morgan fingerprint density at radius 1 is 1.00 bits per heavy atom. The highest BCUT2D eigenvalue weighted by Gasteiger charge is 2.30. The second-order valence-electron chi connectivity index (χ2n) is 8.12. The Morgan fingerprint density at radius 2 is 1.58 bits per heavy atom. The Labute approximate surface area is 150 Å². The highest BCUT2D eigenvalue weighted by Crippen LogP contribution is 2.41. The van der Waals surface area contributed by atoms with Crippen molar-refractivity contribution < 1.29 is 9.13 Å². The summed E-state index contributed by atoms with van der Waals surface area (Å²) in [4.78, 5) is 0. The van der Waals surface area contributed by atoms with Crippen LogP contribution in [0.15, 0.2) is 12.1 Å². The molecule has 0 saturated heterocycles. The van der Waals surface area contributed by atoms with Gasteiger partial charge in [0.25, 0.3) is 0 Å². The molecule has 134 valence electrons. The molecule has 2 aliphatic carbocycles. The second kappa shape index (κ2) is 8.08. The van der Waals surface area contributed by atoms with Crippen molar-refractivity contribution in [1.29, 1.82) is 0 Å². The molecule has 2 saturated carbocycles. The molecule has 0 atom stereocenters. The topological polar surface area (TPSA) is 9.23 Å². The lowest BCUT2D eigenvalue weighted by Gasteiger charge is -2.37. The second-order valence-corrected chi connectivity index (χ2v) is 8.50. The maximum atomic E-state index is 13.8. The molecule has 0 aromatic heterocycles. The molecule has 1 aromatic carbocycles. The van der Waals surface area contributed by atoms with Gasteiger partial charge in [0.1, 0.15) is 16.6 Å². The van der Waals surface area contributed by atoms with Gasteiger partial charge in [0.15, 0.2) is 0 Å². The predicted molar refractivity (Wildman–Crippen MR) is 98.2 cm³/mol. The molecule has 0 N–H and O–H groups in total. The summed E-state index contributed by atoms with van der Waals surface area (Å²) in [5, 5.41) is 0.125. The highest BCUT2D eigenvalue weighted by atomic mass is 35.5. The fraction of sp³-hybridized carbons (Fsp3) is 0.714. The summed E-state index contributed by atoms with van der Waals surface area (Å²) in [6, 6.07) is 3.52. The molecular weight excluding hydrogens is 323 g/mol. The van der Waals surface area contributed by atoms with Crippen molar-refractivity contribution in [1.82, 2.24) is 0 Å². The van der Waals surface area contributed by atoms with Crippen LogP contribution in [0.5, 0.6) is 5.75 Å². The Bertz CT molecular complexity index is 543. The van der Waals surface area contributed by atoms with E-state index in [2.05, 4.69) is 6.92 Å². The van der Waals surface area contributed by atoms with Crippen LogP contribution in [0.3, 0.4) is 0 Å². The smallest absolute Gasteiger partial charge is 0.148 e. The lowest BCUT2D eigenvalue weighted by molar-refractivity contribution is 0.126. The zero-order chi connectivity index (χ0) is 17.1. The molecule has 24 heavy (non-hydrogen) atoms. The first-order chi connectivity index (χ1) is 11.5. The van der Waals surface area contributed by atoms with Crippen molar-refractivity contribution in [2.75, 3.05) is 6.61 Å². The molecule has 1 aromatic rings. The predicted octanol–water partition coefficient (Wildman–Crippen LogP) is 6.80. The van der Waals surface area contributed by atoms with Crippen LogP contribution in [-0.4, -0.2) is 6.61 Å². The van der Waals surface area contributed by atoms with Crippen LogP contribution >= 0.6 is 11.6 Å². The lowest BCUT2D eigenvalue weighted by Crippen LogP contribution is -2.27. The van der Waals surface area contributed by atoms with E-state index < -0.39 is 0 Å². The van der Waals surface area contributed by atoms with Crippen molar-refractivity contribution in [3.05, 3.63) is 28.5 Å². The molecule has 0 heterocycles. The fourth-order valence-corrected chi connectivity index (χ4v) is 4.80. The van der Waals surface area contributed by atoms with Gasteiger partial charge in [-0.05, 0) is 80.8 Å². The van der Waals surface area contributed by atoms with Gasteiger partial charge in [0.05, 0.1) is 6.61 Å². The third-order valence-corrected chi connectivity index (χ3v) is 6.69. The molecule has 1 nitrogen and oxygen atoms in total. The van der Waals surface area contributed by atoms with Crippen molar-refractivity contribution >= 4 is 11.6 Å². The number of rotatable bonds is 4. The van der Waals surface area contributed by atoms with E-state index in [0.717, 1.165) is 17.8 Å². The van der Waals surface area contributed by atoms with E-state index >= 15 is 0 Å². The van der Waals surface area contributed by atoms with E-state index in [4.69, 9.17) is 16.3 Å². The third kappa shape index (κ3) is 4.25. The van der Waals surface area contributed by atoms with E-state index in [1.54, 1.807) is 19.1 Å². The van der Waals surface area contributed by atoms with Gasteiger partial charge in [-0.15, -0.1) is 0 Å². The van der Waals surface area contributed by atoms with Gasteiger partial charge < -0.3 is 4.74 Å². The standard InChI is InChI=1S/C21H30ClFO/c1-14-3-8-17(9-4-14)18-10-6-16(7-11-18)13-24-19-12-5-15(2)21(23)20(19)22/h5,12,14,16-18H,3-4,6-11,13H2,1-2H3. The number of hydrogen-bond acceptors (Lipinski definition) is 1. The van der Waals surface area contributed by atoms with Crippen molar-refractivity contribution in [3.63, 3.8) is 0 Å². The highest BCUT2D eigenvalue weighted by molar-refractivity contribution is 6.32. The summed E-state index contributed by atoms with van der Waals surface area (Å²) in [5.41, 5.74) is 0.564. The average Bonchev–Trinajstić information content (AvgIpc) is 2.60. The summed E-state index contributed by atoms with van der Waals surface area (Å²) in [6.07, 6.45) is 10.9. The van der Waals surface area contributed by atoms with E-state index in [0.29, 0.717) is 23.8 Å². The number of hydrogen-bond donors (Lipinski definition) is 0. The SMILES string of the molecule is Cc1ccc(OCC2CCC(C3CCC(C)CC3)CC2)c(Cl)c1F. The monoisotopic (exact) mass is 352 g/mol. The zero-order valence-electron chi connectivity index (χ0n) is 15.0. The van der Waals surface area contributed by atoms with Crippen LogP contribution in [0, 0.1) is 36.4 Å². The van der Waals surface area contributed by atoms with Crippen molar-refractivity contribution in [2.24, 2.45) is 23.7 Å². The Balaban J connectivity index is 1.45. The summed E-state index contributed by atoms with van der Waals surface area (Å²) < 4.78 is 19.7. The molecule has 0 amide bonds. The summed E-state index contributed by atoms with van der Waals surface area (Å²) in [6.45, 7) is 4.78. The van der Waals surface area contributed by atoms with Gasteiger partial charge in [-0.3, -0.25) is 0 Å². The maximum Gasteiger partial charge on any atom is 0.148 e. The largest absolute Gasteiger partial charge is 0.492 e. The third-order valence-electron chi connectivity index (χ3n) is 6.33. The Kier molecular flexibility index (Phi) is 6.07. The van der Waals surface area contributed by atoms with E-state index in [-0.39, 0.29) is 10.8 Å². The molecule has 0 aliphatic heterocycles. The number of aryl methyl sites for hydroxylation is 1. The zero-order valence-corrected chi connectivity index (χ0v) is 15.7. The van der Waals surface area contributed by atoms with E-state index in [9.17, 15) is 4.39 Å². The van der Waals surface area contributed by atoms with Crippen LogP contribution < -0.4 is 4.74 Å². The lowest BCUT2D eigenvalue weighted by atomic mass is 9.69. The molecular formula is C21H30ClFO. The molecule has 0 bridgehead atoms. The minimum absolute atomic E-state index is 0.125. The average molecular weight is 353 g/mol. The van der Waals surface area contributed by atoms with Gasteiger partial charge in [-0.1, -0.05) is 37.4 Å². The van der Waals surface area contributed by atoms with Gasteiger partial charge in [-0.2, -0.15) is 0 Å². The Hall–Kier alpha value is -0.760. The quantitative estimate of drug-likeness (QED) is 0.579. The fourth-order valence-electron chi connectivity index (χ4n) is 4.53. The Morgan fingerprint density at radius 3 is 2.21 bits per heavy atom. The van der Waals surface area contributed by atoms with Gasteiger partial charge in [0, 0.05) is 0 Å². The number of benzene rings is 1. The molecule has 3 heteroatoms. The van der Waals surface area contributed by atoms with Gasteiger partial charge >= 0.3 is 0 Å². The van der Waals surface area contributed by atoms with Crippen LogP contribution in [0.25, 0.3) is 0 Å². The number of halogens is 2. The van der Waals surface area contributed by atoms with Crippen LogP contribution in [0.4, 0.5) is 4.39 Å². The maximum absolute atomic E-state index is 13.8. The van der Waals surface area contributed by atoms with Crippen LogP contribution in [0.2, 0.25) is 5.02 Å². The molecule has 3 rings (SSSR count). The van der Waals surface area contributed by atoms with Gasteiger partial charge in [0.2, 0.25) is 0 Å². The molecule has 2 fully saturated rings. The molecule has 0 unspecified atom stereocenters. The first-order valence-corrected chi connectivity index (χ1v) is 9.99. The van der Waals surface area contributed by atoms with Gasteiger partial charge in [-0.25, -0.2) is 4.39 Å². The summed E-state index contributed by atoms with van der Waals surface area (Å²) in [7, 11) is 0. The molecule has 2 aliphatic rings. The first-order valence-electron chi connectivity index (χ1n) is 9.62. The van der Waals surface area contributed by atoms with Crippen molar-refractivity contribution in [3.8, 4) is 5.75 Å². The molecule has 0 radical (unpaired) electrons. The van der Waals surface area contributed by atoms with Crippen molar-refractivity contribution in [2.45, 2.75) is 65.2 Å². The minimum atomic E-state index is -0.357. The number of ether oxygens (including phenoxy) is 1. The van der Waals surface area contributed by atoms with E-state index in [1.165, 1.54) is 51.4 Å². The van der Waals surface area contributed by atoms with E-state index in [1.807, 2.05) is 0 Å².